The Labute approximate surface area is 80.1 Å². The van der Waals surface area contributed by atoms with Crippen LogP contribution in [0.4, 0.5) is 0 Å². The molecular formula is C10H18N2O. The maximum Gasteiger partial charge on any atom is 0.244 e. The molecule has 0 saturated carbocycles. The molecule has 13 heavy (non-hydrogen) atoms. The van der Waals surface area contributed by atoms with Crippen LogP contribution < -0.4 is 5.32 Å². The van der Waals surface area contributed by atoms with E-state index in [2.05, 4.69) is 5.32 Å². The van der Waals surface area contributed by atoms with Gasteiger partial charge in [0.2, 0.25) is 5.91 Å². The van der Waals surface area contributed by atoms with Gasteiger partial charge in [-0.1, -0.05) is 18.2 Å². The summed E-state index contributed by atoms with van der Waals surface area (Å²) in [4.78, 5) is 13.1. The predicted molar refractivity (Wildman–Crippen MR) is 55.5 cm³/mol. The number of carbonyl (C=O) groups excluding carboxylic acids is 1. The van der Waals surface area contributed by atoms with Gasteiger partial charge in [-0.2, -0.15) is 0 Å². The molecule has 74 valence electrons. The lowest BCUT2D eigenvalue weighted by atomic mass is 10.4. The summed E-state index contributed by atoms with van der Waals surface area (Å²) in [7, 11) is 3.95. The van der Waals surface area contributed by atoms with Crippen LogP contribution in [0.1, 0.15) is 6.92 Å². The van der Waals surface area contributed by atoms with Crippen LogP contribution >= 0.6 is 0 Å². The molecule has 1 N–H and O–H groups in total. The van der Waals surface area contributed by atoms with Crippen molar-refractivity contribution in [1.82, 2.24) is 10.2 Å². The van der Waals surface area contributed by atoms with Gasteiger partial charge in [-0.05, 0) is 21.0 Å². The summed E-state index contributed by atoms with van der Waals surface area (Å²) in [6, 6.07) is 0. The number of hydrogen-bond acceptors (Lipinski definition) is 2. The van der Waals surface area contributed by atoms with Crippen LogP contribution in [-0.2, 0) is 4.79 Å². The van der Waals surface area contributed by atoms with Crippen LogP contribution in [0, 0.1) is 0 Å². The largest absolute Gasteiger partial charge is 0.351 e. The molecule has 0 atom stereocenters. The van der Waals surface area contributed by atoms with Gasteiger partial charge < -0.3 is 10.2 Å². The number of nitrogens with one attached hydrogen (secondary N) is 1. The number of amides is 1. The van der Waals surface area contributed by atoms with Crippen molar-refractivity contribution < 1.29 is 4.79 Å². The number of allylic oxidation sites excluding steroid dienone is 3. The van der Waals surface area contributed by atoms with Gasteiger partial charge in [0.05, 0.1) is 0 Å². The van der Waals surface area contributed by atoms with E-state index in [1.54, 1.807) is 6.08 Å². The highest BCUT2D eigenvalue weighted by Gasteiger charge is 1.93. The molecule has 0 aliphatic heterocycles. The molecule has 0 radical (unpaired) electrons. The molecule has 0 bridgehead atoms. The van der Waals surface area contributed by atoms with E-state index in [-0.39, 0.29) is 5.91 Å². The summed E-state index contributed by atoms with van der Waals surface area (Å²) in [5.41, 5.74) is 0. The first-order chi connectivity index (χ1) is 6.16. The van der Waals surface area contributed by atoms with Crippen LogP contribution in [0.2, 0.25) is 0 Å². The molecule has 3 nitrogen and oxygen atoms in total. The fraction of sp³-hybridized carbons (Fsp3) is 0.500. The Kier molecular flexibility index (Phi) is 6.92. The molecular weight excluding hydrogens is 164 g/mol. The molecule has 0 spiro atoms. The highest BCUT2D eigenvalue weighted by atomic mass is 16.1. The molecule has 0 unspecified atom stereocenters. The van der Waals surface area contributed by atoms with Crippen LogP contribution in [0.5, 0.6) is 0 Å². The van der Waals surface area contributed by atoms with Gasteiger partial charge in [-0.15, -0.1) is 0 Å². The zero-order chi connectivity index (χ0) is 10.1. The highest BCUT2D eigenvalue weighted by Crippen LogP contribution is 1.77. The molecule has 0 aromatic rings. The summed E-state index contributed by atoms with van der Waals surface area (Å²) in [5.74, 6) is -0.0417. The Balaban J connectivity index is 3.51. The van der Waals surface area contributed by atoms with Crippen molar-refractivity contribution in [2.45, 2.75) is 6.92 Å². The minimum Gasteiger partial charge on any atom is -0.351 e. The van der Waals surface area contributed by atoms with Crippen molar-refractivity contribution >= 4 is 5.91 Å². The number of likely N-dealkylation sites (N-methyl/N-ethyl adjacent to an activating group) is 1. The van der Waals surface area contributed by atoms with E-state index in [0.717, 1.165) is 6.54 Å². The lowest BCUT2D eigenvalue weighted by Crippen LogP contribution is -2.30. The van der Waals surface area contributed by atoms with Crippen LogP contribution in [0.15, 0.2) is 24.3 Å². The zero-order valence-corrected chi connectivity index (χ0v) is 8.58. The molecule has 0 aliphatic rings. The van der Waals surface area contributed by atoms with Crippen molar-refractivity contribution in [3.8, 4) is 0 Å². The van der Waals surface area contributed by atoms with E-state index in [1.807, 2.05) is 38.1 Å². The molecule has 0 aliphatic carbocycles. The van der Waals surface area contributed by atoms with Gasteiger partial charge in [0.1, 0.15) is 0 Å². The maximum absolute atomic E-state index is 11.0. The van der Waals surface area contributed by atoms with Gasteiger partial charge in [-0.25, -0.2) is 0 Å². The van der Waals surface area contributed by atoms with Gasteiger partial charge in [0, 0.05) is 19.2 Å². The summed E-state index contributed by atoms with van der Waals surface area (Å²) >= 11 is 0. The van der Waals surface area contributed by atoms with Crippen molar-refractivity contribution in [2.75, 3.05) is 27.2 Å². The fourth-order valence-corrected chi connectivity index (χ4v) is 0.716. The van der Waals surface area contributed by atoms with Crippen LogP contribution in [0.25, 0.3) is 0 Å². The van der Waals surface area contributed by atoms with Crippen molar-refractivity contribution in [3.05, 3.63) is 24.3 Å². The normalized spacial score (nSPS) is 11.7. The van der Waals surface area contributed by atoms with Crippen LogP contribution in [0.3, 0.4) is 0 Å². The Morgan fingerprint density at radius 1 is 1.38 bits per heavy atom. The minimum absolute atomic E-state index is 0.0417. The Morgan fingerprint density at radius 3 is 2.62 bits per heavy atom. The molecule has 0 heterocycles. The monoisotopic (exact) mass is 182 g/mol. The highest BCUT2D eigenvalue weighted by molar-refractivity contribution is 5.87. The van der Waals surface area contributed by atoms with Gasteiger partial charge >= 0.3 is 0 Å². The third kappa shape index (κ3) is 8.82. The average Bonchev–Trinajstić information content (AvgIpc) is 2.04. The molecule has 3 heteroatoms. The zero-order valence-electron chi connectivity index (χ0n) is 8.58. The standard InChI is InChI=1S/C10H18N2O/c1-4-5-6-7-10(13)11-8-9-12(2)3/h4-7H,8-9H2,1-3H3,(H,11,13)/b5-4+,7-6+. The van der Waals surface area contributed by atoms with E-state index in [0.29, 0.717) is 6.54 Å². The van der Waals surface area contributed by atoms with E-state index >= 15 is 0 Å². The molecule has 0 rings (SSSR count). The molecule has 0 fully saturated rings. The first-order valence-electron chi connectivity index (χ1n) is 4.38. The lowest BCUT2D eigenvalue weighted by molar-refractivity contribution is -0.116. The number of carbonyl (C=O) groups is 1. The first kappa shape index (κ1) is 11.9. The minimum atomic E-state index is -0.0417. The first-order valence-corrected chi connectivity index (χ1v) is 4.38. The van der Waals surface area contributed by atoms with E-state index in [4.69, 9.17) is 0 Å². The fourth-order valence-electron chi connectivity index (χ4n) is 0.716. The van der Waals surface area contributed by atoms with Crippen LogP contribution in [-0.4, -0.2) is 38.0 Å². The van der Waals surface area contributed by atoms with Crippen molar-refractivity contribution in [1.29, 1.82) is 0 Å². The molecule has 0 aromatic carbocycles. The Hall–Kier alpha value is -1.09. The van der Waals surface area contributed by atoms with E-state index in [1.165, 1.54) is 6.08 Å². The maximum atomic E-state index is 11.0. The smallest absolute Gasteiger partial charge is 0.244 e. The molecule has 0 saturated heterocycles. The second-order valence-electron chi connectivity index (χ2n) is 2.98. The van der Waals surface area contributed by atoms with E-state index in [9.17, 15) is 4.79 Å². The predicted octanol–water partition coefficient (Wildman–Crippen LogP) is 0.796. The van der Waals surface area contributed by atoms with E-state index < -0.39 is 0 Å². The summed E-state index contributed by atoms with van der Waals surface area (Å²) < 4.78 is 0. The molecule has 1 amide bonds. The third-order valence-corrected chi connectivity index (χ3v) is 1.41. The Bertz CT molecular complexity index is 195. The number of nitrogens with zero attached hydrogens (tertiary/aromatic N) is 1. The Morgan fingerprint density at radius 2 is 2.08 bits per heavy atom. The van der Waals surface area contributed by atoms with Crippen molar-refractivity contribution in [2.24, 2.45) is 0 Å². The SMILES string of the molecule is C/C=C/C=C/C(=O)NCCN(C)C. The number of rotatable bonds is 5. The summed E-state index contributed by atoms with van der Waals surface area (Å²) in [6.45, 7) is 3.46. The topological polar surface area (TPSA) is 32.3 Å². The third-order valence-electron chi connectivity index (χ3n) is 1.41. The lowest BCUT2D eigenvalue weighted by Gasteiger charge is -2.08. The second kappa shape index (κ2) is 7.55. The van der Waals surface area contributed by atoms with Gasteiger partial charge in [-0.3, -0.25) is 4.79 Å². The second-order valence-corrected chi connectivity index (χ2v) is 2.98. The van der Waals surface area contributed by atoms with Gasteiger partial charge in [0.25, 0.3) is 0 Å². The summed E-state index contributed by atoms with van der Waals surface area (Å²) in [6.07, 6.45) is 6.95. The van der Waals surface area contributed by atoms with Gasteiger partial charge in [0.15, 0.2) is 0 Å². The number of hydrogen-bond donors (Lipinski definition) is 1. The molecule has 0 aromatic heterocycles. The quantitative estimate of drug-likeness (QED) is 0.504. The summed E-state index contributed by atoms with van der Waals surface area (Å²) in [5, 5.41) is 2.77. The average molecular weight is 182 g/mol. The van der Waals surface area contributed by atoms with Crippen molar-refractivity contribution in [3.63, 3.8) is 0 Å².